The van der Waals surface area contributed by atoms with E-state index in [0.29, 0.717) is 17.6 Å². The Kier molecular flexibility index (Phi) is 7.03. The number of benzene rings is 1. The summed E-state index contributed by atoms with van der Waals surface area (Å²) in [7, 11) is 3.86. The highest BCUT2D eigenvalue weighted by Gasteiger charge is 2.20. The molecular weight excluding hydrogens is 420 g/mol. The minimum Gasteiger partial charge on any atom is -0.355 e. The molecule has 4 rings (SSSR count). The standard InChI is InChI=1S/C24H32N6OS/c1-16-14-27-24(26-9-6-10-30-12-11-29(4)17(2)15-30)28-22(16)21-13-19-18(23(31)25-3)7-5-8-20(19)32-21/h5,7-8,13-14,17H,6,9-12,15H2,1-4H3,(H,25,31)(H,26,27,28)/t17-/m0/s1. The van der Waals surface area contributed by atoms with Crippen molar-refractivity contribution in [1.82, 2.24) is 25.1 Å². The second-order valence-corrected chi connectivity index (χ2v) is 9.63. The van der Waals surface area contributed by atoms with Crippen LogP contribution in [0.5, 0.6) is 0 Å². The van der Waals surface area contributed by atoms with E-state index in [2.05, 4.69) is 45.5 Å². The number of carbonyl (C=O) groups is 1. The van der Waals surface area contributed by atoms with Gasteiger partial charge in [-0.3, -0.25) is 4.79 Å². The Hall–Kier alpha value is -2.55. The molecule has 7 nitrogen and oxygen atoms in total. The maximum absolute atomic E-state index is 12.2. The molecule has 32 heavy (non-hydrogen) atoms. The number of thiophene rings is 1. The molecule has 0 aliphatic carbocycles. The summed E-state index contributed by atoms with van der Waals surface area (Å²) in [6.07, 6.45) is 2.93. The van der Waals surface area contributed by atoms with E-state index in [-0.39, 0.29) is 5.91 Å². The lowest BCUT2D eigenvalue weighted by atomic mass is 10.1. The molecule has 1 fully saturated rings. The number of nitrogens with zero attached hydrogens (tertiary/aromatic N) is 4. The zero-order chi connectivity index (χ0) is 22.7. The largest absolute Gasteiger partial charge is 0.355 e. The predicted molar refractivity (Wildman–Crippen MR) is 133 cm³/mol. The summed E-state index contributed by atoms with van der Waals surface area (Å²) in [4.78, 5) is 27.5. The van der Waals surface area contributed by atoms with Crippen LogP contribution in [-0.4, -0.2) is 78.5 Å². The fraction of sp³-hybridized carbons (Fsp3) is 0.458. The number of nitrogens with one attached hydrogen (secondary N) is 2. The fourth-order valence-electron chi connectivity index (χ4n) is 4.12. The highest BCUT2D eigenvalue weighted by Crippen LogP contribution is 2.35. The maximum Gasteiger partial charge on any atom is 0.251 e. The number of likely N-dealkylation sites (N-methyl/N-ethyl adjacent to an activating group) is 1. The number of hydrogen-bond donors (Lipinski definition) is 2. The first-order chi connectivity index (χ1) is 15.5. The quantitative estimate of drug-likeness (QED) is 0.535. The monoisotopic (exact) mass is 452 g/mol. The van der Waals surface area contributed by atoms with Crippen LogP contribution in [0.4, 0.5) is 5.95 Å². The van der Waals surface area contributed by atoms with Crippen LogP contribution in [0.3, 0.4) is 0 Å². The average Bonchev–Trinajstić information content (AvgIpc) is 3.23. The third kappa shape index (κ3) is 4.92. The molecule has 1 aromatic carbocycles. The minimum atomic E-state index is -0.0727. The number of fused-ring (bicyclic) bond motifs is 1. The number of amides is 1. The molecule has 1 aliphatic rings. The van der Waals surface area contributed by atoms with Gasteiger partial charge in [0.2, 0.25) is 5.95 Å². The van der Waals surface area contributed by atoms with Crippen molar-refractivity contribution in [2.75, 3.05) is 52.1 Å². The highest BCUT2D eigenvalue weighted by atomic mass is 32.1. The smallest absolute Gasteiger partial charge is 0.251 e. The number of aromatic nitrogens is 2. The van der Waals surface area contributed by atoms with E-state index >= 15 is 0 Å². The SMILES string of the molecule is CNC(=O)c1cccc2sc(-c3nc(NCCCN4CCN(C)[C@@H](C)C4)ncc3C)cc12. The summed E-state index contributed by atoms with van der Waals surface area (Å²) in [5.74, 6) is 0.581. The Morgan fingerprint density at radius 3 is 2.94 bits per heavy atom. The van der Waals surface area contributed by atoms with Gasteiger partial charge in [0.15, 0.2) is 0 Å². The van der Waals surface area contributed by atoms with Gasteiger partial charge in [-0.15, -0.1) is 11.3 Å². The summed E-state index contributed by atoms with van der Waals surface area (Å²) in [6.45, 7) is 9.64. The second kappa shape index (κ2) is 9.94. The Balaban J connectivity index is 1.43. The topological polar surface area (TPSA) is 73.4 Å². The van der Waals surface area contributed by atoms with Crippen LogP contribution in [-0.2, 0) is 0 Å². The third-order valence-electron chi connectivity index (χ3n) is 6.22. The first-order valence-corrected chi connectivity index (χ1v) is 12.0. The van der Waals surface area contributed by atoms with Crippen LogP contribution in [0.2, 0.25) is 0 Å². The Labute approximate surface area is 193 Å². The number of piperazine rings is 1. The van der Waals surface area contributed by atoms with Gasteiger partial charge in [-0.05, 0) is 57.6 Å². The molecule has 0 bridgehead atoms. The summed E-state index contributed by atoms with van der Waals surface area (Å²) in [5.41, 5.74) is 2.63. The number of anilines is 1. The molecule has 0 unspecified atom stereocenters. The lowest BCUT2D eigenvalue weighted by molar-refractivity contribution is 0.0964. The zero-order valence-corrected chi connectivity index (χ0v) is 20.1. The van der Waals surface area contributed by atoms with Gasteiger partial charge >= 0.3 is 0 Å². The van der Waals surface area contributed by atoms with E-state index < -0.39 is 0 Å². The van der Waals surface area contributed by atoms with Gasteiger partial charge in [0.1, 0.15) is 0 Å². The van der Waals surface area contributed by atoms with Crippen molar-refractivity contribution in [3.8, 4) is 10.6 Å². The van der Waals surface area contributed by atoms with Gasteiger partial charge in [0.25, 0.3) is 5.91 Å². The Bertz CT molecular complexity index is 1100. The second-order valence-electron chi connectivity index (χ2n) is 8.54. The third-order valence-corrected chi connectivity index (χ3v) is 7.32. The molecule has 2 N–H and O–H groups in total. The van der Waals surface area contributed by atoms with Gasteiger partial charge in [-0.25, -0.2) is 9.97 Å². The number of hydrogen-bond acceptors (Lipinski definition) is 7. The van der Waals surface area contributed by atoms with E-state index in [1.54, 1.807) is 18.4 Å². The molecule has 0 spiro atoms. The number of carbonyl (C=O) groups excluding carboxylic acids is 1. The molecule has 0 radical (unpaired) electrons. The van der Waals surface area contributed by atoms with Gasteiger partial charge in [-0.1, -0.05) is 6.07 Å². The molecule has 3 heterocycles. The van der Waals surface area contributed by atoms with Gasteiger partial charge in [0, 0.05) is 61.1 Å². The van der Waals surface area contributed by atoms with Gasteiger partial charge < -0.3 is 20.4 Å². The van der Waals surface area contributed by atoms with Gasteiger partial charge in [-0.2, -0.15) is 0 Å². The molecule has 3 aromatic rings. The van der Waals surface area contributed by atoms with E-state index in [9.17, 15) is 4.79 Å². The molecule has 2 aromatic heterocycles. The predicted octanol–water partition coefficient (Wildman–Crippen LogP) is 3.46. The van der Waals surface area contributed by atoms with Crippen molar-refractivity contribution in [3.63, 3.8) is 0 Å². The van der Waals surface area contributed by atoms with E-state index in [0.717, 1.165) is 65.4 Å². The van der Waals surface area contributed by atoms with E-state index in [1.807, 2.05) is 31.3 Å². The Morgan fingerprint density at radius 1 is 1.31 bits per heavy atom. The van der Waals surface area contributed by atoms with E-state index in [4.69, 9.17) is 4.98 Å². The van der Waals surface area contributed by atoms with Crippen molar-refractivity contribution in [2.45, 2.75) is 26.3 Å². The minimum absolute atomic E-state index is 0.0727. The highest BCUT2D eigenvalue weighted by molar-refractivity contribution is 7.22. The molecule has 1 saturated heterocycles. The zero-order valence-electron chi connectivity index (χ0n) is 19.3. The maximum atomic E-state index is 12.2. The molecular formula is C24H32N6OS. The van der Waals surface area contributed by atoms with Crippen LogP contribution in [0, 0.1) is 6.92 Å². The molecule has 1 aliphatic heterocycles. The molecule has 8 heteroatoms. The van der Waals surface area contributed by atoms with Crippen LogP contribution in [0.1, 0.15) is 29.3 Å². The summed E-state index contributed by atoms with van der Waals surface area (Å²) < 4.78 is 1.08. The van der Waals surface area contributed by atoms with Crippen molar-refractivity contribution in [3.05, 3.63) is 41.6 Å². The summed E-state index contributed by atoms with van der Waals surface area (Å²) in [6, 6.07) is 8.51. The summed E-state index contributed by atoms with van der Waals surface area (Å²) in [5, 5.41) is 7.08. The average molecular weight is 453 g/mol. The fourth-order valence-corrected chi connectivity index (χ4v) is 5.26. The van der Waals surface area contributed by atoms with E-state index in [1.165, 1.54) is 0 Å². The summed E-state index contributed by atoms with van der Waals surface area (Å²) >= 11 is 1.65. The van der Waals surface area contributed by atoms with Gasteiger partial charge in [0.05, 0.1) is 10.6 Å². The number of rotatable bonds is 7. The van der Waals surface area contributed by atoms with Crippen molar-refractivity contribution < 1.29 is 4.79 Å². The molecule has 1 atom stereocenters. The van der Waals surface area contributed by atoms with Crippen LogP contribution in [0.25, 0.3) is 20.7 Å². The molecule has 170 valence electrons. The lowest BCUT2D eigenvalue weighted by Crippen LogP contribution is -2.50. The number of aryl methyl sites for hydroxylation is 1. The van der Waals surface area contributed by atoms with Crippen LogP contribution < -0.4 is 10.6 Å². The first kappa shape index (κ1) is 22.6. The lowest BCUT2D eigenvalue weighted by Gasteiger charge is -2.37. The van der Waals surface area contributed by atoms with Crippen LogP contribution >= 0.6 is 11.3 Å². The Morgan fingerprint density at radius 2 is 2.16 bits per heavy atom. The van der Waals surface area contributed by atoms with Crippen LogP contribution in [0.15, 0.2) is 30.5 Å². The van der Waals surface area contributed by atoms with Crippen molar-refractivity contribution >= 4 is 33.3 Å². The molecule has 0 saturated carbocycles. The van der Waals surface area contributed by atoms with Crippen molar-refractivity contribution in [2.24, 2.45) is 0 Å². The first-order valence-electron chi connectivity index (χ1n) is 11.2. The molecule has 1 amide bonds. The van der Waals surface area contributed by atoms with Crippen molar-refractivity contribution in [1.29, 1.82) is 0 Å². The normalized spacial score (nSPS) is 17.6.